The summed E-state index contributed by atoms with van der Waals surface area (Å²) in [6.45, 7) is 2.46. The van der Waals surface area contributed by atoms with E-state index in [1.54, 1.807) is 18.2 Å². The first-order valence-electron chi connectivity index (χ1n) is 7.99. The van der Waals surface area contributed by atoms with E-state index in [2.05, 4.69) is 5.32 Å². The molecule has 6 heteroatoms. The third-order valence-corrected chi connectivity index (χ3v) is 3.88. The van der Waals surface area contributed by atoms with Gasteiger partial charge in [0.15, 0.2) is 18.1 Å². The fourth-order valence-corrected chi connectivity index (χ4v) is 2.73. The molecule has 0 aromatic heterocycles. The Labute approximate surface area is 135 Å². The van der Waals surface area contributed by atoms with Crippen molar-refractivity contribution >= 4 is 11.9 Å². The summed E-state index contributed by atoms with van der Waals surface area (Å²) in [4.78, 5) is 22.8. The molecule has 1 aliphatic carbocycles. The van der Waals surface area contributed by atoms with E-state index in [1.165, 1.54) is 25.7 Å². The van der Waals surface area contributed by atoms with Crippen LogP contribution in [0, 0.1) is 5.92 Å². The predicted octanol–water partition coefficient (Wildman–Crippen LogP) is 2.47. The van der Waals surface area contributed by atoms with E-state index in [0.29, 0.717) is 36.1 Å². The number of aliphatic carboxylic acids is 1. The molecule has 23 heavy (non-hydrogen) atoms. The zero-order valence-corrected chi connectivity index (χ0v) is 13.3. The van der Waals surface area contributed by atoms with E-state index < -0.39 is 12.6 Å². The summed E-state index contributed by atoms with van der Waals surface area (Å²) < 4.78 is 10.6. The Bertz CT molecular complexity index is 552. The van der Waals surface area contributed by atoms with Crippen molar-refractivity contribution in [2.45, 2.75) is 32.6 Å². The maximum absolute atomic E-state index is 12.2. The van der Waals surface area contributed by atoms with Crippen molar-refractivity contribution in [3.8, 4) is 11.5 Å². The molecule has 1 fully saturated rings. The van der Waals surface area contributed by atoms with Crippen molar-refractivity contribution in [2.75, 3.05) is 19.8 Å². The molecule has 1 aliphatic rings. The summed E-state index contributed by atoms with van der Waals surface area (Å²) in [7, 11) is 0. The molecule has 2 rings (SSSR count). The second kappa shape index (κ2) is 8.41. The Morgan fingerprint density at radius 3 is 2.61 bits per heavy atom. The van der Waals surface area contributed by atoms with Crippen molar-refractivity contribution in [3.63, 3.8) is 0 Å². The normalized spacial score (nSPS) is 14.5. The second-order valence-electron chi connectivity index (χ2n) is 5.64. The van der Waals surface area contributed by atoms with Gasteiger partial charge in [0.25, 0.3) is 5.91 Å². The standard InChI is InChI=1S/C17H23NO5/c1-2-22-15-9-13(7-8-14(15)23-11-16(19)20)17(21)18-10-12-5-3-4-6-12/h7-9,12H,2-6,10-11H2,1H3,(H,18,21)(H,19,20). The summed E-state index contributed by atoms with van der Waals surface area (Å²) in [5.74, 6) is 0.0563. The van der Waals surface area contributed by atoms with Crippen molar-refractivity contribution in [1.29, 1.82) is 0 Å². The number of carbonyl (C=O) groups is 2. The lowest BCUT2D eigenvalue weighted by atomic mass is 10.1. The summed E-state index contributed by atoms with van der Waals surface area (Å²) >= 11 is 0. The minimum Gasteiger partial charge on any atom is -0.490 e. The average molecular weight is 321 g/mol. The Balaban J connectivity index is 2.01. The molecule has 1 amide bonds. The van der Waals surface area contributed by atoms with E-state index in [4.69, 9.17) is 14.6 Å². The molecule has 0 heterocycles. The highest BCUT2D eigenvalue weighted by atomic mass is 16.5. The van der Waals surface area contributed by atoms with Crippen LogP contribution in [-0.4, -0.2) is 36.7 Å². The van der Waals surface area contributed by atoms with Crippen molar-refractivity contribution < 1.29 is 24.2 Å². The van der Waals surface area contributed by atoms with Gasteiger partial charge in [0, 0.05) is 12.1 Å². The van der Waals surface area contributed by atoms with E-state index in [-0.39, 0.29) is 5.91 Å². The molecule has 0 atom stereocenters. The van der Waals surface area contributed by atoms with Gasteiger partial charge in [-0.15, -0.1) is 0 Å². The number of ether oxygens (including phenoxy) is 2. The molecule has 6 nitrogen and oxygen atoms in total. The Morgan fingerprint density at radius 2 is 1.96 bits per heavy atom. The summed E-state index contributed by atoms with van der Waals surface area (Å²) in [6.07, 6.45) is 4.83. The van der Waals surface area contributed by atoms with Gasteiger partial charge in [-0.25, -0.2) is 4.79 Å². The number of benzene rings is 1. The van der Waals surface area contributed by atoms with E-state index in [9.17, 15) is 9.59 Å². The third kappa shape index (κ3) is 5.16. The van der Waals surface area contributed by atoms with Gasteiger partial charge in [-0.05, 0) is 43.9 Å². The molecule has 0 aliphatic heterocycles. The fourth-order valence-electron chi connectivity index (χ4n) is 2.73. The van der Waals surface area contributed by atoms with Crippen LogP contribution in [0.5, 0.6) is 11.5 Å². The molecule has 126 valence electrons. The summed E-state index contributed by atoms with van der Waals surface area (Å²) in [6, 6.07) is 4.77. The van der Waals surface area contributed by atoms with Crippen LogP contribution in [0.2, 0.25) is 0 Å². The van der Waals surface area contributed by atoms with Gasteiger partial charge in [0.05, 0.1) is 6.61 Å². The number of hydrogen-bond donors (Lipinski definition) is 2. The molecular weight excluding hydrogens is 298 g/mol. The van der Waals surface area contributed by atoms with Crippen LogP contribution in [0.4, 0.5) is 0 Å². The Kier molecular flexibility index (Phi) is 6.26. The van der Waals surface area contributed by atoms with Crippen molar-refractivity contribution in [1.82, 2.24) is 5.32 Å². The number of hydrogen-bond acceptors (Lipinski definition) is 4. The van der Waals surface area contributed by atoms with Crippen LogP contribution in [0.1, 0.15) is 43.0 Å². The molecule has 0 spiro atoms. The molecular formula is C17H23NO5. The molecule has 1 aromatic rings. The van der Waals surface area contributed by atoms with Gasteiger partial charge in [-0.3, -0.25) is 4.79 Å². The van der Waals surface area contributed by atoms with Crippen molar-refractivity contribution in [2.24, 2.45) is 5.92 Å². The minimum atomic E-state index is -1.06. The van der Waals surface area contributed by atoms with Crippen LogP contribution in [0.15, 0.2) is 18.2 Å². The minimum absolute atomic E-state index is 0.150. The van der Waals surface area contributed by atoms with Crippen LogP contribution in [0.25, 0.3) is 0 Å². The highest BCUT2D eigenvalue weighted by Crippen LogP contribution is 2.29. The SMILES string of the molecule is CCOc1cc(C(=O)NCC2CCCC2)ccc1OCC(=O)O. The molecule has 0 bridgehead atoms. The van der Waals surface area contributed by atoms with Gasteiger partial charge in [-0.1, -0.05) is 12.8 Å². The lowest BCUT2D eigenvalue weighted by Crippen LogP contribution is -2.28. The molecule has 1 aromatic carbocycles. The zero-order chi connectivity index (χ0) is 16.7. The smallest absolute Gasteiger partial charge is 0.341 e. The van der Waals surface area contributed by atoms with Crippen LogP contribution >= 0.6 is 0 Å². The van der Waals surface area contributed by atoms with Gasteiger partial charge in [0.1, 0.15) is 0 Å². The summed E-state index contributed by atoms with van der Waals surface area (Å²) in [5, 5.41) is 11.6. The number of carboxylic acids is 1. The Hall–Kier alpha value is -2.24. The number of carbonyl (C=O) groups excluding carboxylic acids is 1. The first-order chi connectivity index (χ1) is 11.1. The molecule has 0 saturated heterocycles. The van der Waals surface area contributed by atoms with E-state index in [1.807, 2.05) is 6.92 Å². The van der Waals surface area contributed by atoms with Crippen LogP contribution in [-0.2, 0) is 4.79 Å². The van der Waals surface area contributed by atoms with Gasteiger partial charge in [-0.2, -0.15) is 0 Å². The predicted molar refractivity (Wildman–Crippen MR) is 85.0 cm³/mol. The molecule has 2 N–H and O–H groups in total. The number of carboxylic acid groups (broad SMARTS) is 1. The topological polar surface area (TPSA) is 84.9 Å². The first kappa shape index (κ1) is 17.1. The molecule has 0 radical (unpaired) electrons. The quantitative estimate of drug-likeness (QED) is 0.768. The third-order valence-electron chi connectivity index (χ3n) is 3.88. The first-order valence-corrected chi connectivity index (χ1v) is 7.99. The van der Waals surface area contributed by atoms with E-state index >= 15 is 0 Å². The van der Waals surface area contributed by atoms with E-state index in [0.717, 1.165) is 0 Å². The lowest BCUT2D eigenvalue weighted by molar-refractivity contribution is -0.139. The van der Waals surface area contributed by atoms with Crippen LogP contribution in [0.3, 0.4) is 0 Å². The van der Waals surface area contributed by atoms with Gasteiger partial charge in [0.2, 0.25) is 0 Å². The highest BCUT2D eigenvalue weighted by molar-refractivity contribution is 5.94. The van der Waals surface area contributed by atoms with Gasteiger partial charge >= 0.3 is 5.97 Å². The molecule has 0 unspecified atom stereocenters. The second-order valence-corrected chi connectivity index (χ2v) is 5.64. The molecule has 1 saturated carbocycles. The Morgan fingerprint density at radius 1 is 1.22 bits per heavy atom. The lowest BCUT2D eigenvalue weighted by Gasteiger charge is -2.14. The highest BCUT2D eigenvalue weighted by Gasteiger charge is 2.17. The number of nitrogens with one attached hydrogen (secondary N) is 1. The monoisotopic (exact) mass is 321 g/mol. The largest absolute Gasteiger partial charge is 0.490 e. The van der Waals surface area contributed by atoms with Crippen LogP contribution < -0.4 is 14.8 Å². The van der Waals surface area contributed by atoms with Crippen molar-refractivity contribution in [3.05, 3.63) is 23.8 Å². The number of rotatable bonds is 8. The average Bonchev–Trinajstić information content (AvgIpc) is 3.05. The number of amides is 1. The fraction of sp³-hybridized carbons (Fsp3) is 0.529. The zero-order valence-electron chi connectivity index (χ0n) is 13.3. The van der Waals surface area contributed by atoms with Gasteiger partial charge < -0.3 is 19.9 Å². The maximum atomic E-state index is 12.2. The maximum Gasteiger partial charge on any atom is 0.341 e. The summed E-state index contributed by atoms with van der Waals surface area (Å²) in [5.41, 5.74) is 0.481.